The lowest BCUT2D eigenvalue weighted by Gasteiger charge is -2.07. The lowest BCUT2D eigenvalue weighted by molar-refractivity contribution is 0.0914. The number of benzene rings is 1. The first-order valence-electron chi connectivity index (χ1n) is 5.83. The number of Topliss-reactive ketones (excluding diaryl/α,β-unsaturated/α-hetero) is 1. The van der Waals surface area contributed by atoms with Gasteiger partial charge in [0, 0.05) is 13.0 Å². The Hall–Kier alpha value is -1.49. The number of nitrogens with zero attached hydrogens (tertiary/aromatic N) is 3. The highest BCUT2D eigenvalue weighted by Crippen LogP contribution is 2.30. The zero-order chi connectivity index (χ0) is 12.7. The number of fused-ring (bicyclic) bond motifs is 1. The summed E-state index contributed by atoms with van der Waals surface area (Å²) in [5, 5.41) is 7.72. The van der Waals surface area contributed by atoms with Gasteiger partial charge in [-0.3, -0.25) is 4.79 Å². The molecule has 3 rings (SSSR count). The van der Waals surface area contributed by atoms with Crippen LogP contribution >= 0.6 is 15.9 Å². The molecule has 1 aliphatic rings. The third-order valence-electron chi connectivity index (χ3n) is 3.44. The molecule has 0 radical (unpaired) electrons. The van der Waals surface area contributed by atoms with Crippen LogP contribution in [-0.4, -0.2) is 20.8 Å². The maximum absolute atomic E-state index is 12.5. The maximum Gasteiger partial charge on any atom is 0.187 e. The molecule has 1 aliphatic carbocycles. The van der Waals surface area contributed by atoms with Crippen LogP contribution in [0.2, 0.25) is 0 Å². The Kier molecular flexibility index (Phi) is 2.78. The van der Waals surface area contributed by atoms with Crippen molar-refractivity contribution < 1.29 is 4.79 Å². The second-order valence-electron chi connectivity index (χ2n) is 4.59. The van der Waals surface area contributed by atoms with Gasteiger partial charge in [0.1, 0.15) is 5.69 Å². The van der Waals surface area contributed by atoms with E-state index in [0.29, 0.717) is 10.3 Å². The summed E-state index contributed by atoms with van der Waals surface area (Å²) < 4.78 is 2.07. The van der Waals surface area contributed by atoms with E-state index in [2.05, 4.69) is 38.4 Å². The summed E-state index contributed by atoms with van der Waals surface area (Å²) in [6, 6.07) is 8.23. The summed E-state index contributed by atoms with van der Waals surface area (Å²) >= 11 is 3.28. The predicted molar refractivity (Wildman–Crippen MR) is 70.4 cm³/mol. The van der Waals surface area contributed by atoms with Gasteiger partial charge in [-0.15, -0.1) is 5.10 Å². The third-order valence-corrected chi connectivity index (χ3v) is 3.98. The van der Waals surface area contributed by atoms with Crippen LogP contribution in [-0.2, 0) is 19.9 Å². The summed E-state index contributed by atoms with van der Waals surface area (Å²) in [5.74, 6) is 0.126. The van der Waals surface area contributed by atoms with Crippen LogP contribution in [0.25, 0.3) is 0 Å². The lowest BCUT2D eigenvalue weighted by atomic mass is 9.99. The molecule has 0 amide bonds. The van der Waals surface area contributed by atoms with Crippen LogP contribution < -0.4 is 0 Å². The van der Waals surface area contributed by atoms with Crippen molar-refractivity contribution in [1.82, 2.24) is 15.0 Å². The van der Waals surface area contributed by atoms with E-state index in [9.17, 15) is 4.79 Å². The first kappa shape index (κ1) is 11.6. The summed E-state index contributed by atoms with van der Waals surface area (Å²) in [6.45, 7) is 0. The summed E-state index contributed by atoms with van der Waals surface area (Å²) in [5.41, 5.74) is 3.12. The minimum Gasteiger partial charge on any atom is -0.292 e. The van der Waals surface area contributed by atoms with Crippen LogP contribution in [0.3, 0.4) is 0 Å². The Balaban J connectivity index is 1.89. The van der Waals surface area contributed by atoms with Crippen LogP contribution in [0.4, 0.5) is 0 Å². The highest BCUT2D eigenvalue weighted by atomic mass is 79.9. The highest BCUT2D eigenvalue weighted by molar-refractivity contribution is 9.10. The molecule has 0 unspecified atom stereocenters. The van der Waals surface area contributed by atoms with E-state index < -0.39 is 0 Å². The minimum atomic E-state index is 0.0101. The molecule has 0 saturated heterocycles. The van der Waals surface area contributed by atoms with E-state index in [1.54, 1.807) is 7.05 Å². The van der Waals surface area contributed by atoms with Crippen molar-refractivity contribution in [3.05, 3.63) is 45.7 Å². The number of halogens is 1. The number of aromatic nitrogens is 3. The van der Waals surface area contributed by atoms with Gasteiger partial charge in [0.15, 0.2) is 10.4 Å². The van der Waals surface area contributed by atoms with Crippen LogP contribution in [0, 0.1) is 5.92 Å². The quantitative estimate of drug-likeness (QED) is 0.799. The summed E-state index contributed by atoms with van der Waals surface area (Å²) in [7, 11) is 1.74. The fourth-order valence-electron chi connectivity index (χ4n) is 2.53. The van der Waals surface area contributed by atoms with Crippen LogP contribution in [0.15, 0.2) is 28.9 Å². The van der Waals surface area contributed by atoms with Gasteiger partial charge < -0.3 is 0 Å². The summed E-state index contributed by atoms with van der Waals surface area (Å²) in [6.07, 6.45) is 1.62. The molecule has 0 aliphatic heterocycles. The molecule has 1 aromatic heterocycles. The standard InChI is InChI=1S/C13H12BrN3O/c1-17-11(13(14)15-16-17)12(18)10-6-8-4-2-3-5-9(8)7-10/h2-5,10H,6-7H2,1H3. The van der Waals surface area contributed by atoms with E-state index in [1.807, 2.05) is 12.1 Å². The topological polar surface area (TPSA) is 47.8 Å². The Morgan fingerprint density at radius 2 is 1.94 bits per heavy atom. The van der Waals surface area contributed by atoms with E-state index in [4.69, 9.17) is 0 Å². The first-order chi connectivity index (χ1) is 8.66. The molecule has 0 atom stereocenters. The smallest absolute Gasteiger partial charge is 0.187 e. The molecule has 1 aromatic carbocycles. The van der Waals surface area contributed by atoms with Crippen molar-refractivity contribution in [3.63, 3.8) is 0 Å². The van der Waals surface area contributed by atoms with Gasteiger partial charge in [0.05, 0.1) is 0 Å². The minimum absolute atomic E-state index is 0.0101. The number of carbonyl (C=O) groups excluding carboxylic acids is 1. The Bertz CT molecular complexity index is 576. The maximum atomic E-state index is 12.5. The van der Waals surface area contributed by atoms with Gasteiger partial charge in [0.2, 0.25) is 0 Å². The fraction of sp³-hybridized carbons (Fsp3) is 0.308. The van der Waals surface area contributed by atoms with Gasteiger partial charge in [-0.25, -0.2) is 4.68 Å². The third kappa shape index (κ3) is 1.79. The lowest BCUT2D eigenvalue weighted by Crippen LogP contribution is -2.18. The van der Waals surface area contributed by atoms with E-state index >= 15 is 0 Å². The molecule has 0 N–H and O–H groups in total. The zero-order valence-electron chi connectivity index (χ0n) is 9.93. The van der Waals surface area contributed by atoms with Crippen LogP contribution in [0.1, 0.15) is 21.6 Å². The Morgan fingerprint density at radius 1 is 1.33 bits per heavy atom. The first-order valence-corrected chi connectivity index (χ1v) is 6.62. The Labute approximate surface area is 113 Å². The monoisotopic (exact) mass is 305 g/mol. The van der Waals surface area contributed by atoms with Gasteiger partial charge in [-0.2, -0.15) is 0 Å². The SMILES string of the molecule is Cn1nnc(Br)c1C(=O)C1Cc2ccccc2C1. The van der Waals surface area contributed by atoms with Gasteiger partial charge in [-0.1, -0.05) is 29.5 Å². The predicted octanol–water partition coefficient (Wildman–Crippen LogP) is 2.18. The molecule has 1 heterocycles. The number of ketones is 1. The zero-order valence-corrected chi connectivity index (χ0v) is 11.5. The molecule has 0 spiro atoms. The van der Waals surface area contributed by atoms with Crippen molar-refractivity contribution >= 4 is 21.7 Å². The number of hydrogen-bond acceptors (Lipinski definition) is 3. The molecular weight excluding hydrogens is 294 g/mol. The molecule has 92 valence electrons. The number of hydrogen-bond donors (Lipinski definition) is 0. The van der Waals surface area contributed by atoms with Crippen molar-refractivity contribution in [2.45, 2.75) is 12.8 Å². The molecule has 5 heteroatoms. The molecule has 0 fully saturated rings. The van der Waals surface area contributed by atoms with E-state index in [0.717, 1.165) is 12.8 Å². The summed E-state index contributed by atoms with van der Waals surface area (Å²) in [4.78, 5) is 12.5. The van der Waals surface area contributed by atoms with Crippen molar-refractivity contribution in [1.29, 1.82) is 0 Å². The molecule has 4 nitrogen and oxygen atoms in total. The average molecular weight is 306 g/mol. The van der Waals surface area contributed by atoms with Crippen molar-refractivity contribution in [2.24, 2.45) is 13.0 Å². The highest BCUT2D eigenvalue weighted by Gasteiger charge is 2.31. The van der Waals surface area contributed by atoms with E-state index in [1.165, 1.54) is 15.8 Å². The second kappa shape index (κ2) is 4.31. The number of rotatable bonds is 2. The molecule has 18 heavy (non-hydrogen) atoms. The van der Waals surface area contributed by atoms with Gasteiger partial charge in [0.25, 0.3) is 0 Å². The normalized spacial score (nSPS) is 14.8. The van der Waals surface area contributed by atoms with Crippen LogP contribution in [0.5, 0.6) is 0 Å². The van der Waals surface area contributed by atoms with Crippen molar-refractivity contribution in [2.75, 3.05) is 0 Å². The van der Waals surface area contributed by atoms with Crippen molar-refractivity contribution in [3.8, 4) is 0 Å². The largest absolute Gasteiger partial charge is 0.292 e. The molecule has 0 bridgehead atoms. The number of carbonyl (C=O) groups is 1. The van der Waals surface area contributed by atoms with Gasteiger partial charge in [-0.05, 0) is 39.9 Å². The second-order valence-corrected chi connectivity index (χ2v) is 5.34. The van der Waals surface area contributed by atoms with Gasteiger partial charge >= 0.3 is 0 Å². The van der Waals surface area contributed by atoms with E-state index in [-0.39, 0.29) is 11.7 Å². The molecule has 0 saturated carbocycles. The molecule has 2 aromatic rings. The average Bonchev–Trinajstić information content (AvgIpc) is 2.92. The fourth-order valence-corrected chi connectivity index (χ4v) is 3.05. The molecular formula is C13H12BrN3O. The Morgan fingerprint density at radius 3 is 2.44 bits per heavy atom. The number of aryl methyl sites for hydroxylation is 1.